The van der Waals surface area contributed by atoms with E-state index in [9.17, 15) is 13.2 Å². The SMILES string of the molecule is CN1CCN(C2C[C@H]3[C@H]4C2[C@@]43n2cc(-c3cnc(N)c(OC(F)(F)F)c3)nc2CC2CC2)CC1. The molecule has 2 N–H and O–H groups in total. The molecule has 34 heavy (non-hydrogen) atoms. The molecule has 1 aliphatic heterocycles. The molecule has 6 aliphatic rings. The van der Waals surface area contributed by atoms with Gasteiger partial charge in [0, 0.05) is 62.5 Å². The van der Waals surface area contributed by atoms with Crippen LogP contribution in [0.5, 0.6) is 5.75 Å². The number of hydrogen-bond acceptors (Lipinski definition) is 6. The van der Waals surface area contributed by atoms with Crippen LogP contribution in [-0.2, 0) is 12.0 Å². The van der Waals surface area contributed by atoms with Crippen molar-refractivity contribution in [1.82, 2.24) is 24.3 Å². The fourth-order valence-electron chi connectivity index (χ4n) is 7.06. The van der Waals surface area contributed by atoms with Gasteiger partial charge in [0.05, 0.1) is 11.2 Å². The van der Waals surface area contributed by atoms with Gasteiger partial charge in [0.1, 0.15) is 5.82 Å². The van der Waals surface area contributed by atoms with Crippen molar-refractivity contribution in [2.75, 3.05) is 39.0 Å². The van der Waals surface area contributed by atoms with Crippen molar-refractivity contribution >= 4 is 5.82 Å². The van der Waals surface area contributed by atoms with Crippen molar-refractivity contribution in [3.05, 3.63) is 24.3 Å². The van der Waals surface area contributed by atoms with Crippen molar-refractivity contribution in [2.45, 2.75) is 43.6 Å². The number of imidazole rings is 1. The minimum atomic E-state index is -4.82. The highest BCUT2D eigenvalue weighted by Gasteiger charge is 2.93. The highest BCUT2D eigenvalue weighted by molar-refractivity contribution is 5.64. The van der Waals surface area contributed by atoms with Crippen LogP contribution < -0.4 is 10.5 Å². The van der Waals surface area contributed by atoms with Crippen LogP contribution in [0, 0.1) is 23.7 Å². The molecule has 2 aromatic heterocycles. The number of nitrogens with two attached hydrogens (primary N) is 1. The van der Waals surface area contributed by atoms with Gasteiger partial charge in [-0.25, -0.2) is 9.97 Å². The lowest BCUT2D eigenvalue weighted by Crippen LogP contribution is -2.49. The van der Waals surface area contributed by atoms with E-state index in [1.165, 1.54) is 31.5 Å². The van der Waals surface area contributed by atoms with Crippen LogP contribution in [-0.4, -0.2) is 70.0 Å². The molecule has 2 bridgehead atoms. The zero-order valence-electron chi connectivity index (χ0n) is 19.1. The molecule has 0 amide bonds. The molecule has 2 unspecified atom stereocenters. The molecule has 182 valence electrons. The summed E-state index contributed by atoms with van der Waals surface area (Å²) in [5, 5.41) is 0. The average Bonchev–Trinajstić information content (AvgIpc) is 3.70. The normalized spacial score (nSPS) is 34.8. The Morgan fingerprint density at radius 3 is 2.62 bits per heavy atom. The minimum Gasteiger partial charge on any atom is -0.402 e. The van der Waals surface area contributed by atoms with Gasteiger partial charge in [-0.15, -0.1) is 13.2 Å². The number of nitrogen functional groups attached to an aromatic ring is 1. The third-order valence-electron chi connectivity index (χ3n) is 8.95. The molecule has 6 fully saturated rings. The van der Waals surface area contributed by atoms with E-state index < -0.39 is 12.1 Å². The number of halogens is 3. The molecule has 5 atom stereocenters. The van der Waals surface area contributed by atoms with Gasteiger partial charge in [-0.1, -0.05) is 0 Å². The number of anilines is 1. The van der Waals surface area contributed by atoms with Gasteiger partial charge in [-0.3, -0.25) is 4.90 Å². The summed E-state index contributed by atoms with van der Waals surface area (Å²) in [5.74, 6) is 3.08. The molecule has 0 radical (unpaired) electrons. The first-order valence-corrected chi connectivity index (χ1v) is 12.3. The monoisotopic (exact) mass is 474 g/mol. The first-order valence-electron chi connectivity index (χ1n) is 12.3. The van der Waals surface area contributed by atoms with E-state index >= 15 is 0 Å². The summed E-state index contributed by atoms with van der Waals surface area (Å²) in [6.07, 6.45) is 3.36. The number of aromatic nitrogens is 3. The smallest absolute Gasteiger partial charge is 0.402 e. The first-order chi connectivity index (χ1) is 16.3. The fraction of sp³-hybridized carbons (Fsp3) is 0.667. The molecule has 8 rings (SSSR count). The van der Waals surface area contributed by atoms with Crippen LogP contribution in [0.2, 0.25) is 0 Å². The van der Waals surface area contributed by atoms with Crippen LogP contribution in [0.15, 0.2) is 18.5 Å². The number of piperazine rings is 1. The second kappa shape index (κ2) is 6.87. The van der Waals surface area contributed by atoms with E-state index in [2.05, 4.69) is 37.3 Å². The molecule has 0 aromatic carbocycles. The largest absolute Gasteiger partial charge is 0.573 e. The maximum Gasteiger partial charge on any atom is 0.573 e. The molecule has 0 spiro atoms. The zero-order valence-corrected chi connectivity index (χ0v) is 19.1. The van der Waals surface area contributed by atoms with Gasteiger partial charge < -0.3 is 19.9 Å². The highest BCUT2D eigenvalue weighted by atomic mass is 19.4. The van der Waals surface area contributed by atoms with Crippen LogP contribution in [0.4, 0.5) is 19.0 Å². The Morgan fingerprint density at radius 1 is 1.18 bits per heavy atom. The van der Waals surface area contributed by atoms with Crippen LogP contribution in [0.3, 0.4) is 0 Å². The Labute approximate surface area is 196 Å². The molecule has 10 heteroatoms. The highest BCUT2D eigenvalue weighted by Crippen LogP contribution is 2.89. The van der Waals surface area contributed by atoms with E-state index in [1.54, 1.807) is 0 Å². The molecule has 5 aliphatic carbocycles. The zero-order chi connectivity index (χ0) is 23.4. The summed E-state index contributed by atoms with van der Waals surface area (Å²) in [6.45, 7) is 4.52. The number of pyridine rings is 1. The molecular formula is C24H29F3N6O. The number of fused-ring (bicyclic) bond motifs is 1. The molecular weight excluding hydrogens is 445 g/mol. The predicted octanol–water partition coefficient (Wildman–Crippen LogP) is 2.97. The van der Waals surface area contributed by atoms with E-state index in [0.717, 1.165) is 44.3 Å². The van der Waals surface area contributed by atoms with Crippen LogP contribution >= 0.6 is 0 Å². The Hall–Kier alpha value is -2.33. The summed E-state index contributed by atoms with van der Waals surface area (Å²) < 4.78 is 45.0. The van der Waals surface area contributed by atoms with E-state index in [4.69, 9.17) is 10.7 Å². The van der Waals surface area contributed by atoms with E-state index in [-0.39, 0.29) is 11.4 Å². The van der Waals surface area contributed by atoms with Gasteiger partial charge in [0.25, 0.3) is 0 Å². The van der Waals surface area contributed by atoms with Crippen LogP contribution in [0.25, 0.3) is 11.3 Å². The van der Waals surface area contributed by atoms with Crippen molar-refractivity contribution in [1.29, 1.82) is 0 Å². The van der Waals surface area contributed by atoms with Gasteiger partial charge in [-0.05, 0) is 50.1 Å². The Balaban J connectivity index is 1.19. The first kappa shape index (κ1) is 21.0. The van der Waals surface area contributed by atoms with Crippen molar-refractivity contribution in [2.24, 2.45) is 23.7 Å². The summed E-state index contributed by atoms with van der Waals surface area (Å²) >= 11 is 0. The number of rotatable bonds is 6. The predicted molar refractivity (Wildman–Crippen MR) is 119 cm³/mol. The maximum absolute atomic E-state index is 12.8. The number of likely N-dealkylation sites (N-methyl/N-ethyl adjacent to an activating group) is 1. The Bertz CT molecular complexity index is 1130. The Kier molecular flexibility index (Phi) is 4.24. The quantitative estimate of drug-likeness (QED) is 0.694. The summed E-state index contributed by atoms with van der Waals surface area (Å²) in [5.41, 5.74) is 6.97. The van der Waals surface area contributed by atoms with E-state index in [1.807, 2.05) is 0 Å². The van der Waals surface area contributed by atoms with E-state index in [0.29, 0.717) is 35.1 Å². The van der Waals surface area contributed by atoms with Crippen molar-refractivity contribution < 1.29 is 17.9 Å². The summed E-state index contributed by atoms with van der Waals surface area (Å²) in [6, 6.07) is 1.95. The number of alkyl halides is 3. The van der Waals surface area contributed by atoms with Crippen LogP contribution in [0.1, 0.15) is 25.1 Å². The third kappa shape index (κ3) is 3.10. The van der Waals surface area contributed by atoms with Gasteiger partial charge in [-0.2, -0.15) is 0 Å². The fourth-order valence-corrected chi connectivity index (χ4v) is 7.06. The average molecular weight is 475 g/mol. The topological polar surface area (TPSA) is 72.4 Å². The molecule has 1 saturated heterocycles. The van der Waals surface area contributed by atoms with Gasteiger partial charge in [0.2, 0.25) is 0 Å². The summed E-state index contributed by atoms with van der Waals surface area (Å²) in [7, 11) is 2.19. The Morgan fingerprint density at radius 2 is 1.94 bits per heavy atom. The maximum atomic E-state index is 12.8. The lowest BCUT2D eigenvalue weighted by molar-refractivity contribution is -0.274. The number of nitrogens with zero attached hydrogens (tertiary/aromatic N) is 5. The van der Waals surface area contributed by atoms with Gasteiger partial charge in [0.15, 0.2) is 11.6 Å². The number of ether oxygens (including phenoxy) is 1. The van der Waals surface area contributed by atoms with Gasteiger partial charge >= 0.3 is 6.36 Å². The molecule has 2 aromatic rings. The lowest BCUT2D eigenvalue weighted by Gasteiger charge is -2.36. The standard InChI is InChI=1S/C24H29F3N6O/c1-31-4-6-32(7-5-31)17-10-15-20-21(17)23(15,20)33-12-16(30-19(33)8-13-2-3-13)14-9-18(22(28)29-11-14)34-24(25,26)27/h9,11-13,15,17,20-21H,2-8,10H2,1H3,(H2,28,29)/t15-,17?,20-,21?,23-/m0/s1. The second-order valence-corrected chi connectivity index (χ2v) is 10.9. The van der Waals surface area contributed by atoms with Crippen molar-refractivity contribution in [3.63, 3.8) is 0 Å². The third-order valence-corrected chi connectivity index (χ3v) is 8.95. The molecule has 5 saturated carbocycles. The number of hydrogen-bond donors (Lipinski definition) is 1. The lowest BCUT2D eigenvalue weighted by atomic mass is 10.1. The molecule has 7 nitrogen and oxygen atoms in total. The minimum absolute atomic E-state index is 0.177. The molecule has 3 heterocycles. The second-order valence-electron chi connectivity index (χ2n) is 10.9. The summed E-state index contributed by atoms with van der Waals surface area (Å²) in [4.78, 5) is 14.0. The van der Waals surface area contributed by atoms with Crippen molar-refractivity contribution in [3.8, 4) is 17.0 Å².